The van der Waals surface area contributed by atoms with E-state index in [0.717, 1.165) is 5.33 Å². The molecule has 1 radical (unpaired) electrons. The highest BCUT2D eigenvalue weighted by Gasteiger charge is 1.84. The number of rotatable bonds is 1. The van der Waals surface area contributed by atoms with E-state index in [0.29, 0.717) is 5.25 Å². The molecule has 0 rings (SSSR count). The van der Waals surface area contributed by atoms with Gasteiger partial charge in [0.2, 0.25) is 0 Å². The highest BCUT2D eigenvalue weighted by atomic mass is 79.9. The van der Waals surface area contributed by atoms with Gasteiger partial charge in [0.25, 0.3) is 0 Å². The number of halogens is 1. The van der Waals surface area contributed by atoms with Crippen LogP contribution in [0.3, 0.4) is 0 Å². The van der Waals surface area contributed by atoms with Gasteiger partial charge in [-0.1, -0.05) is 35.5 Å². The number of alkyl halides is 1. The second-order valence-corrected chi connectivity index (χ2v) is 2.42. The third kappa shape index (κ3) is 4.83. The van der Waals surface area contributed by atoms with Crippen LogP contribution in [0.5, 0.6) is 0 Å². The maximum atomic E-state index is 4.73. The van der Waals surface area contributed by atoms with Gasteiger partial charge in [-0.05, 0) is 0 Å². The summed E-state index contributed by atoms with van der Waals surface area (Å²) >= 11 is 7.94. The summed E-state index contributed by atoms with van der Waals surface area (Å²) in [5.74, 6) is 0. The molecule has 5 heavy (non-hydrogen) atoms. The lowest BCUT2D eigenvalue weighted by Crippen LogP contribution is -1.87. The number of hydrogen-bond donors (Lipinski definition) is 0. The van der Waals surface area contributed by atoms with Crippen LogP contribution in [-0.2, 0) is 0 Å². The topological polar surface area (TPSA) is 0 Å². The lowest BCUT2D eigenvalue weighted by molar-refractivity contribution is 1.15. The summed E-state index contributed by atoms with van der Waals surface area (Å²) in [6.07, 6.45) is 0. The molecular weight excluding hydrogens is 148 g/mol. The van der Waals surface area contributed by atoms with E-state index < -0.39 is 0 Å². The molecule has 0 nitrogen and oxygen atoms in total. The van der Waals surface area contributed by atoms with E-state index in [9.17, 15) is 0 Å². The van der Waals surface area contributed by atoms with Crippen molar-refractivity contribution in [2.45, 2.75) is 12.2 Å². The normalized spacial score (nSPS) is 15.0. The molecule has 0 aliphatic heterocycles. The average molecular weight is 154 g/mol. The molecule has 0 aromatic heterocycles. The highest BCUT2D eigenvalue weighted by molar-refractivity contribution is 9.09. The van der Waals surface area contributed by atoms with Crippen molar-refractivity contribution < 1.29 is 0 Å². The predicted octanol–water partition coefficient (Wildman–Crippen LogP) is 1.97. The van der Waals surface area contributed by atoms with Crippen LogP contribution in [0.15, 0.2) is 0 Å². The van der Waals surface area contributed by atoms with Crippen molar-refractivity contribution in [3.05, 3.63) is 0 Å². The minimum atomic E-state index is 0.384. The second-order valence-electron chi connectivity index (χ2n) is 0.965. The molecule has 2 heteroatoms. The van der Waals surface area contributed by atoms with Crippen LogP contribution in [0.1, 0.15) is 6.92 Å². The summed E-state index contributed by atoms with van der Waals surface area (Å²) in [5.41, 5.74) is 0. The summed E-state index contributed by atoms with van der Waals surface area (Å²) in [6.45, 7) is 1.99. The van der Waals surface area contributed by atoms with E-state index in [1.165, 1.54) is 0 Å². The molecule has 1 atom stereocenters. The van der Waals surface area contributed by atoms with Gasteiger partial charge in [0, 0.05) is 10.6 Å². The number of hydrogen-bond acceptors (Lipinski definition) is 0. The van der Waals surface area contributed by atoms with Crippen molar-refractivity contribution in [3.63, 3.8) is 0 Å². The maximum absolute atomic E-state index is 4.73. The molecular formula is C3H6BrS. The van der Waals surface area contributed by atoms with Crippen molar-refractivity contribution in [2.75, 3.05) is 5.33 Å². The van der Waals surface area contributed by atoms with Crippen LogP contribution in [-0.4, -0.2) is 10.6 Å². The van der Waals surface area contributed by atoms with Crippen LogP contribution in [0.2, 0.25) is 0 Å². The predicted molar refractivity (Wildman–Crippen MR) is 30.8 cm³/mol. The van der Waals surface area contributed by atoms with E-state index in [1.54, 1.807) is 0 Å². The Morgan fingerprint density at radius 2 is 2.20 bits per heavy atom. The van der Waals surface area contributed by atoms with E-state index in [1.807, 2.05) is 6.92 Å². The Bertz CT molecular complexity index is 20.9. The van der Waals surface area contributed by atoms with Crippen molar-refractivity contribution in [2.24, 2.45) is 0 Å². The lowest BCUT2D eigenvalue weighted by atomic mass is 10.6. The Balaban J connectivity index is 2.54. The molecule has 0 fully saturated rings. The van der Waals surface area contributed by atoms with Crippen LogP contribution >= 0.6 is 28.6 Å². The Labute approximate surface area is 46.5 Å². The largest absolute Gasteiger partial charge is 0.0916 e. The first kappa shape index (κ1) is 5.83. The van der Waals surface area contributed by atoms with Gasteiger partial charge in [0.1, 0.15) is 0 Å². The van der Waals surface area contributed by atoms with Crippen LogP contribution in [0.25, 0.3) is 0 Å². The molecule has 0 aromatic carbocycles. The van der Waals surface area contributed by atoms with Gasteiger partial charge in [0.15, 0.2) is 0 Å². The maximum Gasteiger partial charge on any atom is 0.0220 e. The van der Waals surface area contributed by atoms with Gasteiger partial charge in [0.05, 0.1) is 0 Å². The van der Waals surface area contributed by atoms with Crippen molar-refractivity contribution in [1.29, 1.82) is 0 Å². The molecule has 0 amide bonds. The molecule has 0 saturated heterocycles. The first-order chi connectivity index (χ1) is 2.27. The van der Waals surface area contributed by atoms with E-state index in [4.69, 9.17) is 12.6 Å². The molecule has 0 spiro atoms. The summed E-state index contributed by atoms with van der Waals surface area (Å²) in [6, 6.07) is 0. The molecule has 0 saturated carbocycles. The highest BCUT2D eigenvalue weighted by Crippen LogP contribution is 1.94. The third-order valence-electron chi connectivity index (χ3n) is 0.217. The average Bonchev–Trinajstić information content (AvgIpc) is 1.38. The van der Waals surface area contributed by atoms with Gasteiger partial charge >= 0.3 is 0 Å². The molecule has 0 bridgehead atoms. The summed E-state index contributed by atoms with van der Waals surface area (Å²) in [7, 11) is 0. The fraction of sp³-hybridized carbons (Fsp3) is 1.00. The fourth-order valence-corrected chi connectivity index (χ4v) is 0. The monoisotopic (exact) mass is 153 g/mol. The van der Waals surface area contributed by atoms with Crippen molar-refractivity contribution >= 4 is 28.6 Å². The fourth-order valence-electron chi connectivity index (χ4n) is 0. The molecule has 0 N–H and O–H groups in total. The van der Waals surface area contributed by atoms with Gasteiger partial charge in [-0.25, -0.2) is 0 Å². The van der Waals surface area contributed by atoms with Gasteiger partial charge in [-0.3, -0.25) is 0 Å². The van der Waals surface area contributed by atoms with Crippen molar-refractivity contribution in [3.8, 4) is 0 Å². The third-order valence-corrected chi connectivity index (χ3v) is 1.78. The quantitative estimate of drug-likeness (QED) is 0.506. The van der Waals surface area contributed by atoms with E-state index in [2.05, 4.69) is 15.9 Å². The SMILES string of the molecule is CC([S])CBr. The zero-order valence-corrected chi connectivity index (χ0v) is 5.47. The Hall–Kier alpha value is 0.830. The standard InChI is InChI=1S/C3H6BrS/c1-3(5)2-4/h3H,2H2,1H3. The molecule has 0 aromatic rings. The van der Waals surface area contributed by atoms with Crippen molar-refractivity contribution in [1.82, 2.24) is 0 Å². The molecule has 0 aliphatic carbocycles. The molecule has 0 heterocycles. The summed E-state index contributed by atoms with van der Waals surface area (Å²) in [4.78, 5) is 0. The minimum absolute atomic E-state index is 0.384. The summed E-state index contributed by atoms with van der Waals surface area (Å²) < 4.78 is 0. The summed E-state index contributed by atoms with van der Waals surface area (Å²) in [5, 5.41) is 1.32. The zero-order valence-electron chi connectivity index (χ0n) is 3.07. The Morgan fingerprint density at radius 3 is 2.20 bits per heavy atom. The Kier molecular flexibility index (Phi) is 3.54. The van der Waals surface area contributed by atoms with Crippen LogP contribution in [0.4, 0.5) is 0 Å². The molecule has 31 valence electrons. The van der Waals surface area contributed by atoms with E-state index in [-0.39, 0.29) is 0 Å². The molecule has 0 aliphatic rings. The smallest absolute Gasteiger partial charge is 0.0220 e. The first-order valence-electron chi connectivity index (χ1n) is 1.49. The zero-order chi connectivity index (χ0) is 4.28. The second kappa shape index (κ2) is 3.04. The first-order valence-corrected chi connectivity index (χ1v) is 3.08. The van der Waals surface area contributed by atoms with Gasteiger partial charge < -0.3 is 0 Å². The molecule has 1 unspecified atom stereocenters. The van der Waals surface area contributed by atoms with Crippen LogP contribution in [0, 0.1) is 0 Å². The van der Waals surface area contributed by atoms with E-state index >= 15 is 0 Å². The van der Waals surface area contributed by atoms with Crippen LogP contribution < -0.4 is 0 Å². The Morgan fingerprint density at radius 1 is 2.00 bits per heavy atom. The van der Waals surface area contributed by atoms with Gasteiger partial charge in [-0.15, -0.1) is 0 Å². The minimum Gasteiger partial charge on any atom is -0.0916 e. The lowest BCUT2D eigenvalue weighted by Gasteiger charge is -1.86. The van der Waals surface area contributed by atoms with Gasteiger partial charge in [-0.2, -0.15) is 0 Å².